The highest BCUT2D eigenvalue weighted by Gasteiger charge is 2.15. The summed E-state index contributed by atoms with van der Waals surface area (Å²) in [4.78, 5) is 0. The number of rotatable bonds is 4. The van der Waals surface area contributed by atoms with Crippen LogP contribution in [-0.4, -0.2) is 0 Å². The van der Waals surface area contributed by atoms with E-state index in [1.165, 1.54) is 6.07 Å². The van der Waals surface area contributed by atoms with Crippen molar-refractivity contribution >= 4 is 27.5 Å². The quantitative estimate of drug-likeness (QED) is 0.635. The van der Waals surface area contributed by atoms with E-state index in [0.717, 1.165) is 22.2 Å². The third-order valence-electron chi connectivity index (χ3n) is 2.98. The molecule has 0 radical (unpaired) electrons. The molecule has 0 amide bonds. The Hall–Kier alpha value is -1.01. The number of nitrogens with two attached hydrogens (primary N) is 1. The molecule has 3 N–H and O–H groups in total. The monoisotopic (exact) mass is 360 g/mol. The van der Waals surface area contributed by atoms with Crippen molar-refractivity contribution in [2.45, 2.75) is 12.5 Å². The van der Waals surface area contributed by atoms with Crippen molar-refractivity contribution in [3.8, 4) is 0 Å². The summed E-state index contributed by atoms with van der Waals surface area (Å²) in [5.74, 6) is 4.58. The molecule has 0 bridgehead atoms. The van der Waals surface area contributed by atoms with Crippen LogP contribution < -0.4 is 11.3 Å². The summed E-state index contributed by atoms with van der Waals surface area (Å²) in [6.45, 7) is 0. The second-order valence-electron chi connectivity index (χ2n) is 4.33. The number of nitrogens with one attached hydrogen (secondary N) is 1. The molecule has 0 saturated heterocycles. The van der Waals surface area contributed by atoms with Crippen LogP contribution in [0, 0.1) is 11.6 Å². The lowest BCUT2D eigenvalue weighted by Crippen LogP contribution is -2.29. The van der Waals surface area contributed by atoms with E-state index in [2.05, 4.69) is 21.4 Å². The largest absolute Gasteiger partial charge is 0.271 e. The minimum Gasteiger partial charge on any atom is -0.271 e. The van der Waals surface area contributed by atoms with Gasteiger partial charge in [-0.3, -0.25) is 11.3 Å². The van der Waals surface area contributed by atoms with E-state index < -0.39 is 11.6 Å². The van der Waals surface area contributed by atoms with Gasteiger partial charge in [-0.2, -0.15) is 0 Å². The Labute approximate surface area is 129 Å². The van der Waals surface area contributed by atoms with Gasteiger partial charge in [0.15, 0.2) is 0 Å². The maximum atomic E-state index is 13.7. The third-order valence-corrected chi connectivity index (χ3v) is 4.19. The maximum absolute atomic E-state index is 13.7. The molecule has 1 unspecified atom stereocenters. The SMILES string of the molecule is NNC(Cc1cc(F)ccc1F)c1ccc(Cl)c(Br)c1. The molecule has 0 saturated carbocycles. The molecule has 2 rings (SSSR count). The predicted molar refractivity (Wildman–Crippen MR) is 79.3 cm³/mol. The molecule has 0 fully saturated rings. The maximum Gasteiger partial charge on any atom is 0.126 e. The van der Waals surface area contributed by atoms with Crippen LogP contribution in [0.4, 0.5) is 8.78 Å². The zero-order chi connectivity index (χ0) is 14.7. The summed E-state index contributed by atoms with van der Waals surface area (Å²) in [7, 11) is 0. The Balaban J connectivity index is 2.28. The van der Waals surface area contributed by atoms with Crippen LogP contribution in [0.2, 0.25) is 5.02 Å². The molecule has 1 atom stereocenters. The molecule has 0 aliphatic rings. The van der Waals surface area contributed by atoms with Gasteiger partial charge in [-0.05, 0) is 63.8 Å². The molecule has 2 aromatic rings. The molecule has 106 valence electrons. The van der Waals surface area contributed by atoms with Crippen molar-refractivity contribution in [3.63, 3.8) is 0 Å². The lowest BCUT2D eigenvalue weighted by Gasteiger charge is -2.17. The zero-order valence-electron chi connectivity index (χ0n) is 10.3. The van der Waals surface area contributed by atoms with E-state index in [9.17, 15) is 8.78 Å². The van der Waals surface area contributed by atoms with Crippen LogP contribution in [0.1, 0.15) is 17.2 Å². The minimum atomic E-state index is -0.477. The Morgan fingerprint density at radius 1 is 1.20 bits per heavy atom. The highest BCUT2D eigenvalue weighted by molar-refractivity contribution is 9.10. The standard InChI is InChI=1S/C14H12BrClF2N2/c15-11-6-8(1-3-12(11)16)14(20-19)7-9-5-10(17)2-4-13(9)18/h1-6,14,20H,7,19H2. The first-order valence-corrected chi connectivity index (χ1v) is 7.03. The minimum absolute atomic E-state index is 0.230. The van der Waals surface area contributed by atoms with Crippen LogP contribution in [0.15, 0.2) is 40.9 Å². The van der Waals surface area contributed by atoms with Crippen LogP contribution >= 0.6 is 27.5 Å². The van der Waals surface area contributed by atoms with Crippen molar-refractivity contribution < 1.29 is 8.78 Å². The molecule has 0 heterocycles. The first-order chi connectivity index (χ1) is 9.51. The molecule has 0 spiro atoms. The number of hydrogen-bond donors (Lipinski definition) is 2. The molecular weight excluding hydrogens is 350 g/mol. The third kappa shape index (κ3) is 3.55. The van der Waals surface area contributed by atoms with Crippen molar-refractivity contribution in [2.24, 2.45) is 5.84 Å². The topological polar surface area (TPSA) is 38.0 Å². The smallest absolute Gasteiger partial charge is 0.126 e. The molecule has 2 aromatic carbocycles. The lowest BCUT2D eigenvalue weighted by atomic mass is 9.99. The molecule has 0 aliphatic heterocycles. The van der Waals surface area contributed by atoms with Gasteiger partial charge < -0.3 is 0 Å². The van der Waals surface area contributed by atoms with Gasteiger partial charge in [0.2, 0.25) is 0 Å². The van der Waals surface area contributed by atoms with Crippen molar-refractivity contribution in [1.82, 2.24) is 5.43 Å². The number of hydrazine groups is 1. The van der Waals surface area contributed by atoms with E-state index >= 15 is 0 Å². The highest BCUT2D eigenvalue weighted by Crippen LogP contribution is 2.27. The number of benzene rings is 2. The summed E-state index contributed by atoms with van der Waals surface area (Å²) in [6, 6.07) is 8.31. The van der Waals surface area contributed by atoms with Crippen LogP contribution in [0.25, 0.3) is 0 Å². The average Bonchev–Trinajstić information content (AvgIpc) is 2.43. The van der Waals surface area contributed by atoms with Crippen molar-refractivity contribution in [1.29, 1.82) is 0 Å². The Kier molecular flexibility index (Phi) is 5.10. The number of halogens is 4. The summed E-state index contributed by atoms with van der Waals surface area (Å²) in [5, 5.41) is 0.571. The molecule has 0 aromatic heterocycles. The second-order valence-corrected chi connectivity index (χ2v) is 5.59. The van der Waals surface area contributed by atoms with Gasteiger partial charge in [-0.25, -0.2) is 8.78 Å². The summed E-state index contributed by atoms with van der Waals surface area (Å²) in [6.07, 6.45) is 0.230. The van der Waals surface area contributed by atoms with E-state index in [0.29, 0.717) is 5.02 Å². The zero-order valence-corrected chi connectivity index (χ0v) is 12.7. The Bertz CT molecular complexity index is 622. The van der Waals surface area contributed by atoms with E-state index in [1.807, 2.05) is 0 Å². The molecule has 2 nitrogen and oxygen atoms in total. The van der Waals surface area contributed by atoms with Crippen molar-refractivity contribution in [2.75, 3.05) is 0 Å². The second kappa shape index (κ2) is 6.63. The van der Waals surface area contributed by atoms with Gasteiger partial charge in [-0.1, -0.05) is 17.7 Å². The van der Waals surface area contributed by atoms with E-state index in [1.54, 1.807) is 18.2 Å². The predicted octanol–water partition coefficient (Wildman–Crippen LogP) is 4.13. The van der Waals surface area contributed by atoms with Crippen LogP contribution in [-0.2, 0) is 6.42 Å². The van der Waals surface area contributed by atoms with Gasteiger partial charge >= 0.3 is 0 Å². The average molecular weight is 362 g/mol. The molecule has 6 heteroatoms. The lowest BCUT2D eigenvalue weighted by molar-refractivity contribution is 0.522. The van der Waals surface area contributed by atoms with Gasteiger partial charge in [0.05, 0.1) is 11.1 Å². The van der Waals surface area contributed by atoms with Crippen LogP contribution in [0.5, 0.6) is 0 Å². The summed E-state index contributed by atoms with van der Waals surface area (Å²) < 4.78 is 27.6. The molecular formula is C14H12BrClF2N2. The fourth-order valence-electron chi connectivity index (χ4n) is 1.92. The van der Waals surface area contributed by atoms with Gasteiger partial charge in [-0.15, -0.1) is 0 Å². The Morgan fingerprint density at radius 3 is 2.60 bits per heavy atom. The first kappa shape index (κ1) is 15.4. The fourth-order valence-corrected chi connectivity index (χ4v) is 2.44. The van der Waals surface area contributed by atoms with Gasteiger partial charge in [0.1, 0.15) is 11.6 Å². The van der Waals surface area contributed by atoms with E-state index in [4.69, 9.17) is 17.4 Å². The highest BCUT2D eigenvalue weighted by atomic mass is 79.9. The normalized spacial score (nSPS) is 12.4. The van der Waals surface area contributed by atoms with Gasteiger partial charge in [0, 0.05) is 4.47 Å². The number of hydrogen-bond acceptors (Lipinski definition) is 2. The van der Waals surface area contributed by atoms with Crippen molar-refractivity contribution in [3.05, 3.63) is 68.7 Å². The first-order valence-electron chi connectivity index (χ1n) is 5.86. The van der Waals surface area contributed by atoms with Crippen LogP contribution in [0.3, 0.4) is 0 Å². The fraction of sp³-hybridized carbons (Fsp3) is 0.143. The Morgan fingerprint density at radius 2 is 1.95 bits per heavy atom. The van der Waals surface area contributed by atoms with Gasteiger partial charge in [0.25, 0.3) is 0 Å². The van der Waals surface area contributed by atoms with E-state index in [-0.39, 0.29) is 18.0 Å². The molecule has 0 aliphatic carbocycles. The summed E-state index contributed by atoms with van der Waals surface area (Å²) >= 11 is 9.25. The summed E-state index contributed by atoms with van der Waals surface area (Å²) in [5.41, 5.74) is 3.70. The molecule has 20 heavy (non-hydrogen) atoms.